The summed E-state index contributed by atoms with van der Waals surface area (Å²) in [6, 6.07) is 13.7. The summed E-state index contributed by atoms with van der Waals surface area (Å²) in [5, 5.41) is 9.07. The van der Waals surface area contributed by atoms with Gasteiger partial charge >= 0.3 is 6.03 Å². The quantitative estimate of drug-likeness (QED) is 0.738. The summed E-state index contributed by atoms with van der Waals surface area (Å²) in [6.07, 6.45) is 5.77. The minimum absolute atomic E-state index is 0.152. The van der Waals surface area contributed by atoms with Gasteiger partial charge in [0.25, 0.3) is 0 Å². The third-order valence-electron chi connectivity index (χ3n) is 4.22. The molecule has 3 N–H and O–H groups in total. The highest BCUT2D eigenvalue weighted by Gasteiger charge is 2.15. The van der Waals surface area contributed by atoms with Crippen LogP contribution in [0.4, 0.5) is 26.2 Å². The van der Waals surface area contributed by atoms with Gasteiger partial charge in [-0.3, -0.25) is 0 Å². The smallest absolute Gasteiger partial charge is 0.319 e. The molecule has 1 fully saturated rings. The number of anilines is 3. The van der Waals surface area contributed by atoms with Crippen LogP contribution in [0, 0.1) is 5.82 Å². The summed E-state index contributed by atoms with van der Waals surface area (Å²) >= 11 is 0. The number of hydrogen-bond acceptors (Lipinski definition) is 2. The molecule has 1 aliphatic carbocycles. The zero-order chi connectivity index (χ0) is 16.8. The summed E-state index contributed by atoms with van der Waals surface area (Å²) in [5.41, 5.74) is 2.43. The number of carbonyl (C=O) groups is 1. The molecule has 0 radical (unpaired) electrons. The van der Waals surface area contributed by atoms with Gasteiger partial charge in [-0.05, 0) is 61.4 Å². The zero-order valence-electron chi connectivity index (χ0n) is 13.5. The molecule has 3 rings (SSSR count). The first kappa shape index (κ1) is 16.3. The van der Waals surface area contributed by atoms with Crippen LogP contribution >= 0.6 is 0 Å². The van der Waals surface area contributed by atoms with Crippen molar-refractivity contribution in [2.75, 3.05) is 10.6 Å². The van der Waals surface area contributed by atoms with Crippen LogP contribution in [-0.2, 0) is 0 Å². The van der Waals surface area contributed by atoms with Gasteiger partial charge in [0.2, 0.25) is 0 Å². The molecule has 2 aromatic rings. The fourth-order valence-electron chi connectivity index (χ4n) is 2.94. The average molecular weight is 327 g/mol. The number of benzene rings is 2. The van der Waals surface area contributed by atoms with Crippen LogP contribution < -0.4 is 16.0 Å². The third-order valence-corrected chi connectivity index (χ3v) is 4.22. The lowest BCUT2D eigenvalue weighted by Gasteiger charge is -2.22. The molecular formula is C19H22FN3O. The van der Waals surface area contributed by atoms with E-state index >= 15 is 0 Å². The maximum Gasteiger partial charge on any atom is 0.319 e. The van der Waals surface area contributed by atoms with Gasteiger partial charge in [0.05, 0.1) is 0 Å². The van der Waals surface area contributed by atoms with Crippen molar-refractivity contribution in [3.8, 4) is 0 Å². The Morgan fingerprint density at radius 2 is 1.38 bits per heavy atom. The van der Waals surface area contributed by atoms with Crippen LogP contribution in [0.1, 0.15) is 32.1 Å². The summed E-state index contributed by atoms with van der Waals surface area (Å²) in [7, 11) is 0. The van der Waals surface area contributed by atoms with Gasteiger partial charge in [-0.2, -0.15) is 0 Å². The minimum atomic E-state index is -0.260. The molecule has 1 saturated carbocycles. The van der Waals surface area contributed by atoms with E-state index in [0.717, 1.165) is 29.9 Å². The number of halogens is 1. The predicted molar refractivity (Wildman–Crippen MR) is 95.2 cm³/mol. The largest absolute Gasteiger partial charge is 0.356 e. The van der Waals surface area contributed by atoms with Gasteiger partial charge in [-0.1, -0.05) is 19.3 Å². The normalized spacial score (nSPS) is 14.9. The van der Waals surface area contributed by atoms with Crippen LogP contribution in [0.25, 0.3) is 0 Å². The first-order chi connectivity index (χ1) is 11.7. The molecule has 0 bridgehead atoms. The molecule has 2 aromatic carbocycles. The second-order valence-electron chi connectivity index (χ2n) is 6.14. The Kier molecular flexibility index (Phi) is 5.31. The Hall–Kier alpha value is -2.56. The van der Waals surface area contributed by atoms with Crippen molar-refractivity contribution in [3.63, 3.8) is 0 Å². The Morgan fingerprint density at radius 1 is 0.833 bits per heavy atom. The van der Waals surface area contributed by atoms with Gasteiger partial charge < -0.3 is 16.0 Å². The van der Waals surface area contributed by atoms with Crippen LogP contribution in [0.5, 0.6) is 0 Å². The standard InChI is InChI=1S/C19H22FN3O/c20-14-6-8-16(9-7-14)21-17-10-12-18(13-11-17)23-19(24)22-15-4-2-1-3-5-15/h6-13,15,21H,1-5H2,(H2,22,23,24). The van der Waals surface area contributed by atoms with Crippen LogP contribution in [-0.4, -0.2) is 12.1 Å². The molecule has 0 saturated heterocycles. The van der Waals surface area contributed by atoms with E-state index < -0.39 is 0 Å². The topological polar surface area (TPSA) is 53.2 Å². The molecule has 0 spiro atoms. The third kappa shape index (κ3) is 4.72. The maximum absolute atomic E-state index is 12.9. The van der Waals surface area contributed by atoms with E-state index in [9.17, 15) is 9.18 Å². The van der Waals surface area contributed by atoms with Crippen molar-refractivity contribution in [1.29, 1.82) is 0 Å². The Labute approximate surface area is 141 Å². The average Bonchev–Trinajstić information content (AvgIpc) is 2.59. The molecule has 0 unspecified atom stereocenters. The monoisotopic (exact) mass is 327 g/mol. The fourth-order valence-corrected chi connectivity index (χ4v) is 2.94. The summed E-state index contributed by atoms with van der Waals surface area (Å²) in [4.78, 5) is 12.0. The molecule has 1 aliphatic rings. The van der Waals surface area contributed by atoms with Crippen LogP contribution in [0.3, 0.4) is 0 Å². The van der Waals surface area contributed by atoms with Gasteiger partial charge in [-0.15, -0.1) is 0 Å². The molecule has 0 heterocycles. The minimum Gasteiger partial charge on any atom is -0.356 e. The van der Waals surface area contributed by atoms with Gasteiger partial charge in [-0.25, -0.2) is 9.18 Å². The Morgan fingerprint density at radius 3 is 2.00 bits per heavy atom. The highest BCUT2D eigenvalue weighted by molar-refractivity contribution is 5.89. The van der Waals surface area contributed by atoms with E-state index in [0.29, 0.717) is 0 Å². The van der Waals surface area contributed by atoms with Crippen LogP contribution in [0.15, 0.2) is 48.5 Å². The number of hydrogen-bond donors (Lipinski definition) is 3. The number of nitrogens with one attached hydrogen (secondary N) is 3. The highest BCUT2D eigenvalue weighted by atomic mass is 19.1. The summed E-state index contributed by atoms with van der Waals surface area (Å²) in [6.45, 7) is 0. The maximum atomic E-state index is 12.9. The summed E-state index contributed by atoms with van der Waals surface area (Å²) < 4.78 is 12.9. The Bertz CT molecular complexity index is 664. The number of amides is 2. The second kappa shape index (κ2) is 7.81. The van der Waals surface area contributed by atoms with Gasteiger partial charge in [0, 0.05) is 23.1 Å². The SMILES string of the molecule is O=C(Nc1ccc(Nc2ccc(F)cc2)cc1)NC1CCCCC1. The molecular weight excluding hydrogens is 305 g/mol. The van der Waals surface area contributed by atoms with Crippen LogP contribution in [0.2, 0.25) is 0 Å². The van der Waals surface area contributed by atoms with Crippen molar-refractivity contribution in [2.24, 2.45) is 0 Å². The van der Waals surface area contributed by atoms with Crippen molar-refractivity contribution >= 4 is 23.1 Å². The van der Waals surface area contributed by atoms with Crippen molar-refractivity contribution in [3.05, 3.63) is 54.3 Å². The van der Waals surface area contributed by atoms with Crippen molar-refractivity contribution < 1.29 is 9.18 Å². The molecule has 0 aromatic heterocycles. The zero-order valence-corrected chi connectivity index (χ0v) is 13.5. The van der Waals surface area contributed by atoms with E-state index in [4.69, 9.17) is 0 Å². The second-order valence-corrected chi connectivity index (χ2v) is 6.14. The van der Waals surface area contributed by atoms with Crippen molar-refractivity contribution in [2.45, 2.75) is 38.1 Å². The molecule has 126 valence electrons. The molecule has 5 heteroatoms. The molecule has 0 aliphatic heterocycles. The molecule has 2 amide bonds. The van der Waals surface area contributed by atoms with Gasteiger partial charge in [0.1, 0.15) is 5.82 Å². The van der Waals surface area contributed by atoms with E-state index in [1.165, 1.54) is 31.4 Å². The van der Waals surface area contributed by atoms with Gasteiger partial charge in [0.15, 0.2) is 0 Å². The lowest BCUT2D eigenvalue weighted by molar-refractivity contribution is 0.244. The van der Waals surface area contributed by atoms with E-state index in [1.54, 1.807) is 12.1 Å². The lowest BCUT2D eigenvalue weighted by atomic mass is 9.96. The molecule has 0 atom stereocenters. The number of carbonyl (C=O) groups excluding carboxylic acids is 1. The fraction of sp³-hybridized carbons (Fsp3) is 0.316. The van der Waals surface area contributed by atoms with E-state index in [-0.39, 0.29) is 17.9 Å². The number of rotatable bonds is 4. The lowest BCUT2D eigenvalue weighted by Crippen LogP contribution is -2.38. The van der Waals surface area contributed by atoms with E-state index in [2.05, 4.69) is 16.0 Å². The summed E-state index contributed by atoms with van der Waals surface area (Å²) in [5.74, 6) is -0.260. The first-order valence-electron chi connectivity index (χ1n) is 8.39. The Balaban J connectivity index is 1.52. The first-order valence-corrected chi connectivity index (χ1v) is 8.39. The number of urea groups is 1. The molecule has 24 heavy (non-hydrogen) atoms. The molecule has 4 nitrogen and oxygen atoms in total. The van der Waals surface area contributed by atoms with Crippen molar-refractivity contribution in [1.82, 2.24) is 5.32 Å². The predicted octanol–water partition coefficient (Wildman–Crippen LogP) is 5.02. The van der Waals surface area contributed by atoms with E-state index in [1.807, 2.05) is 24.3 Å². The highest BCUT2D eigenvalue weighted by Crippen LogP contribution is 2.20.